The number of aryl methyl sites for hydroxylation is 1. The molecule has 0 fully saturated rings. The van der Waals surface area contributed by atoms with E-state index in [2.05, 4.69) is 21.4 Å². The number of fused-ring (bicyclic) bond motifs is 1. The number of hydrogen-bond donors (Lipinski definition) is 2. The number of benzene rings is 1. The van der Waals surface area contributed by atoms with Gasteiger partial charge >= 0.3 is 0 Å². The Hall–Kier alpha value is -2.23. The quantitative estimate of drug-likeness (QED) is 0.707. The molecule has 3 rings (SSSR count). The zero-order valence-corrected chi connectivity index (χ0v) is 9.74. The molecule has 0 saturated carbocycles. The molecule has 86 valence electrons. The van der Waals surface area contributed by atoms with Crippen LogP contribution in [0.25, 0.3) is 22.2 Å². The summed E-state index contributed by atoms with van der Waals surface area (Å²) in [6.07, 6.45) is 1.96. The maximum atomic E-state index is 5.67. The lowest BCUT2D eigenvalue weighted by Crippen LogP contribution is -1.85. The molecule has 17 heavy (non-hydrogen) atoms. The Kier molecular flexibility index (Phi) is 2.14. The number of aromatic nitrogens is 2. The Balaban J connectivity index is 2.23. The van der Waals surface area contributed by atoms with Gasteiger partial charge in [0.15, 0.2) is 5.76 Å². The van der Waals surface area contributed by atoms with Crippen molar-refractivity contribution in [2.24, 2.45) is 0 Å². The topological polar surface area (TPSA) is 53.9 Å². The molecule has 4 nitrogen and oxygen atoms in total. The van der Waals surface area contributed by atoms with Gasteiger partial charge in [-0.05, 0) is 13.0 Å². The fourth-order valence-electron chi connectivity index (χ4n) is 2.01. The molecule has 0 spiro atoms. The minimum Gasteiger partial charge on any atom is -0.423 e. The highest BCUT2D eigenvalue weighted by Crippen LogP contribution is 2.32. The van der Waals surface area contributed by atoms with Crippen molar-refractivity contribution in [3.8, 4) is 11.3 Å². The summed E-state index contributed by atoms with van der Waals surface area (Å²) in [5, 5.41) is 4.06. The molecular formula is C13H13N3O. The van der Waals surface area contributed by atoms with E-state index in [0.29, 0.717) is 6.01 Å². The van der Waals surface area contributed by atoms with Crippen molar-refractivity contribution in [1.82, 2.24) is 9.97 Å². The van der Waals surface area contributed by atoms with Gasteiger partial charge in [-0.25, -0.2) is 0 Å². The molecule has 0 aliphatic rings. The predicted octanol–water partition coefficient (Wildman–Crippen LogP) is 3.17. The Bertz CT molecular complexity index is 666. The van der Waals surface area contributed by atoms with E-state index in [4.69, 9.17) is 4.42 Å². The maximum Gasteiger partial charge on any atom is 0.295 e. The van der Waals surface area contributed by atoms with E-state index in [9.17, 15) is 0 Å². The van der Waals surface area contributed by atoms with Gasteiger partial charge in [-0.3, -0.25) is 0 Å². The number of aromatic amines is 1. The van der Waals surface area contributed by atoms with Crippen LogP contribution in [-0.2, 0) is 0 Å². The largest absolute Gasteiger partial charge is 0.423 e. The van der Waals surface area contributed by atoms with Gasteiger partial charge in [-0.15, -0.1) is 0 Å². The van der Waals surface area contributed by atoms with E-state index in [1.165, 1.54) is 0 Å². The van der Waals surface area contributed by atoms with Crippen LogP contribution < -0.4 is 5.32 Å². The predicted molar refractivity (Wildman–Crippen MR) is 68.1 cm³/mol. The monoisotopic (exact) mass is 227 g/mol. The van der Waals surface area contributed by atoms with Crippen molar-refractivity contribution >= 4 is 16.9 Å². The van der Waals surface area contributed by atoms with E-state index >= 15 is 0 Å². The van der Waals surface area contributed by atoms with Crippen LogP contribution in [0.2, 0.25) is 0 Å². The first kappa shape index (κ1) is 9.96. The highest BCUT2D eigenvalue weighted by molar-refractivity contribution is 5.94. The first-order valence-corrected chi connectivity index (χ1v) is 5.51. The Morgan fingerprint density at radius 3 is 2.88 bits per heavy atom. The summed E-state index contributed by atoms with van der Waals surface area (Å²) >= 11 is 0. The lowest BCUT2D eigenvalue weighted by molar-refractivity contribution is 0.589. The minimum absolute atomic E-state index is 0.544. The first-order chi connectivity index (χ1) is 8.29. The third-order valence-corrected chi connectivity index (χ3v) is 2.84. The molecule has 0 aliphatic carbocycles. The van der Waals surface area contributed by atoms with E-state index < -0.39 is 0 Å². The average Bonchev–Trinajstić information content (AvgIpc) is 2.92. The van der Waals surface area contributed by atoms with Crippen LogP contribution in [0.3, 0.4) is 0 Å². The van der Waals surface area contributed by atoms with Gasteiger partial charge in [-0.1, -0.05) is 18.2 Å². The lowest BCUT2D eigenvalue weighted by Gasteiger charge is -1.95. The van der Waals surface area contributed by atoms with Gasteiger partial charge in [-0.2, -0.15) is 4.98 Å². The van der Waals surface area contributed by atoms with Crippen molar-refractivity contribution in [3.05, 3.63) is 36.2 Å². The second kappa shape index (κ2) is 3.66. The Morgan fingerprint density at radius 2 is 2.12 bits per heavy atom. The zero-order chi connectivity index (χ0) is 11.8. The number of hydrogen-bond acceptors (Lipinski definition) is 3. The van der Waals surface area contributed by atoms with Crippen LogP contribution in [-0.4, -0.2) is 17.0 Å². The summed E-state index contributed by atoms with van der Waals surface area (Å²) in [6, 6.07) is 8.69. The van der Waals surface area contributed by atoms with Crippen molar-refractivity contribution in [3.63, 3.8) is 0 Å². The molecule has 0 aliphatic heterocycles. The molecule has 3 aromatic rings. The van der Waals surface area contributed by atoms with Gasteiger partial charge in [0.2, 0.25) is 0 Å². The molecule has 0 saturated heterocycles. The highest BCUT2D eigenvalue weighted by Gasteiger charge is 2.14. The third-order valence-electron chi connectivity index (χ3n) is 2.84. The number of rotatable bonds is 2. The summed E-state index contributed by atoms with van der Waals surface area (Å²) in [5.74, 6) is 0.812. The third kappa shape index (κ3) is 1.49. The summed E-state index contributed by atoms with van der Waals surface area (Å²) in [7, 11) is 1.80. The number of anilines is 1. The molecule has 0 unspecified atom stereocenters. The van der Waals surface area contributed by atoms with E-state index in [-0.39, 0.29) is 0 Å². The number of oxazole rings is 1. The van der Waals surface area contributed by atoms with Crippen molar-refractivity contribution < 1.29 is 4.42 Å². The van der Waals surface area contributed by atoms with Gasteiger partial charge in [0.25, 0.3) is 6.01 Å². The SMILES string of the molecule is CNc1nc(C)c(-c2c[nH]c3ccccc23)o1. The molecular weight excluding hydrogens is 214 g/mol. The van der Waals surface area contributed by atoms with Crippen molar-refractivity contribution in [1.29, 1.82) is 0 Å². The Morgan fingerprint density at radius 1 is 1.29 bits per heavy atom. The molecule has 2 heterocycles. The van der Waals surface area contributed by atoms with Gasteiger partial charge in [0.05, 0.1) is 5.69 Å². The van der Waals surface area contributed by atoms with Gasteiger partial charge in [0.1, 0.15) is 0 Å². The molecule has 0 amide bonds. The van der Waals surface area contributed by atoms with Crippen LogP contribution >= 0.6 is 0 Å². The van der Waals surface area contributed by atoms with E-state index in [0.717, 1.165) is 27.9 Å². The minimum atomic E-state index is 0.544. The summed E-state index contributed by atoms with van der Waals surface area (Å²) in [4.78, 5) is 7.53. The molecule has 1 aromatic carbocycles. The number of nitrogens with one attached hydrogen (secondary N) is 2. The summed E-state index contributed by atoms with van der Waals surface area (Å²) < 4.78 is 5.67. The van der Waals surface area contributed by atoms with Crippen LogP contribution in [0.1, 0.15) is 5.69 Å². The van der Waals surface area contributed by atoms with Crippen LogP contribution in [0.15, 0.2) is 34.9 Å². The number of nitrogens with zero attached hydrogens (tertiary/aromatic N) is 1. The van der Waals surface area contributed by atoms with Crippen LogP contribution in [0, 0.1) is 6.92 Å². The van der Waals surface area contributed by atoms with E-state index in [1.54, 1.807) is 7.05 Å². The zero-order valence-electron chi connectivity index (χ0n) is 9.74. The molecule has 0 bridgehead atoms. The van der Waals surface area contributed by atoms with Crippen LogP contribution in [0.5, 0.6) is 0 Å². The van der Waals surface area contributed by atoms with Crippen LogP contribution in [0.4, 0.5) is 6.01 Å². The van der Waals surface area contributed by atoms with Gasteiger partial charge in [0, 0.05) is 29.7 Å². The molecule has 2 aromatic heterocycles. The molecule has 4 heteroatoms. The molecule has 0 atom stereocenters. The van der Waals surface area contributed by atoms with E-state index in [1.807, 2.05) is 31.3 Å². The second-order valence-electron chi connectivity index (χ2n) is 3.93. The standard InChI is InChI=1S/C13H13N3O/c1-8-12(17-13(14-2)16-8)10-7-15-11-6-4-3-5-9(10)11/h3-7,15H,1-2H3,(H,14,16). The number of para-hydroxylation sites is 1. The highest BCUT2D eigenvalue weighted by atomic mass is 16.4. The fraction of sp³-hybridized carbons (Fsp3) is 0.154. The normalized spacial score (nSPS) is 10.9. The molecule has 2 N–H and O–H groups in total. The maximum absolute atomic E-state index is 5.67. The summed E-state index contributed by atoms with van der Waals surface area (Å²) in [6.45, 7) is 1.95. The Labute approximate surface area is 98.7 Å². The summed E-state index contributed by atoms with van der Waals surface area (Å²) in [5.41, 5.74) is 3.04. The van der Waals surface area contributed by atoms with Gasteiger partial charge < -0.3 is 14.7 Å². The smallest absolute Gasteiger partial charge is 0.295 e. The average molecular weight is 227 g/mol. The molecule has 0 radical (unpaired) electrons. The second-order valence-corrected chi connectivity index (χ2v) is 3.93. The van der Waals surface area contributed by atoms with Crippen molar-refractivity contribution in [2.45, 2.75) is 6.92 Å². The van der Waals surface area contributed by atoms with Crippen molar-refractivity contribution in [2.75, 3.05) is 12.4 Å². The first-order valence-electron chi connectivity index (χ1n) is 5.51. The lowest BCUT2D eigenvalue weighted by atomic mass is 10.1. The number of H-pyrrole nitrogens is 1. The fourth-order valence-corrected chi connectivity index (χ4v) is 2.01.